The third kappa shape index (κ3) is 5.77. The van der Waals surface area contributed by atoms with Crippen molar-refractivity contribution in [1.29, 1.82) is 0 Å². The van der Waals surface area contributed by atoms with Crippen molar-refractivity contribution in [2.24, 2.45) is 0 Å². The van der Waals surface area contributed by atoms with Crippen molar-refractivity contribution in [3.8, 4) is 17.2 Å². The number of carbonyl (C=O) groups excluding carboxylic acids is 1. The minimum Gasteiger partial charge on any atom is -0.493 e. The molecule has 0 aliphatic rings. The summed E-state index contributed by atoms with van der Waals surface area (Å²) in [5.74, 6) is 0.964. The molecule has 2 rings (SSSR count). The summed E-state index contributed by atoms with van der Waals surface area (Å²) in [5.41, 5.74) is 1.55. The lowest BCUT2D eigenvalue weighted by Crippen LogP contribution is -2.20. The molecule has 0 aliphatic carbocycles. The molecule has 26 heavy (non-hydrogen) atoms. The van der Waals surface area contributed by atoms with E-state index < -0.39 is 6.61 Å². The second-order valence-electron chi connectivity index (χ2n) is 5.19. The first-order valence-electron chi connectivity index (χ1n) is 7.73. The zero-order valence-electron chi connectivity index (χ0n) is 14.4. The number of benzene rings is 2. The molecule has 0 spiro atoms. The molecular formula is C19H19F2NO4. The molecule has 7 heteroatoms. The van der Waals surface area contributed by atoms with Crippen LogP contribution in [0.15, 0.2) is 48.5 Å². The highest BCUT2D eigenvalue weighted by Gasteiger charge is 2.05. The number of rotatable bonds is 8. The van der Waals surface area contributed by atoms with Gasteiger partial charge in [-0.15, -0.1) is 0 Å². The second kappa shape index (κ2) is 9.41. The topological polar surface area (TPSA) is 56.8 Å². The summed E-state index contributed by atoms with van der Waals surface area (Å²) in [7, 11) is 3.09. The number of amides is 1. The smallest absolute Gasteiger partial charge is 0.387 e. The maximum Gasteiger partial charge on any atom is 0.387 e. The lowest BCUT2D eigenvalue weighted by Gasteiger charge is -2.08. The largest absolute Gasteiger partial charge is 0.493 e. The van der Waals surface area contributed by atoms with Crippen LogP contribution in [0.1, 0.15) is 11.1 Å². The van der Waals surface area contributed by atoms with Crippen molar-refractivity contribution < 1.29 is 27.8 Å². The van der Waals surface area contributed by atoms with Gasteiger partial charge in [0.2, 0.25) is 5.91 Å². The van der Waals surface area contributed by atoms with Gasteiger partial charge in [-0.2, -0.15) is 8.78 Å². The lowest BCUT2D eigenvalue weighted by molar-refractivity contribution is -0.116. The zero-order valence-corrected chi connectivity index (χ0v) is 14.4. The van der Waals surface area contributed by atoms with Crippen LogP contribution >= 0.6 is 0 Å². The van der Waals surface area contributed by atoms with Gasteiger partial charge < -0.3 is 19.5 Å². The maximum atomic E-state index is 12.1. The molecule has 1 N–H and O–H groups in total. The van der Waals surface area contributed by atoms with E-state index in [1.54, 1.807) is 43.5 Å². The van der Waals surface area contributed by atoms with Crippen LogP contribution in [-0.2, 0) is 11.3 Å². The van der Waals surface area contributed by atoms with Crippen LogP contribution < -0.4 is 19.5 Å². The molecule has 0 atom stereocenters. The van der Waals surface area contributed by atoms with Crippen LogP contribution in [0.2, 0.25) is 0 Å². The van der Waals surface area contributed by atoms with Crippen LogP contribution in [0, 0.1) is 0 Å². The van der Waals surface area contributed by atoms with E-state index in [1.807, 2.05) is 0 Å². The molecule has 0 saturated carbocycles. The van der Waals surface area contributed by atoms with Gasteiger partial charge in [-0.1, -0.05) is 18.2 Å². The fraction of sp³-hybridized carbons (Fsp3) is 0.211. The Morgan fingerprint density at radius 3 is 2.38 bits per heavy atom. The average molecular weight is 363 g/mol. The molecule has 0 saturated heterocycles. The molecule has 0 aromatic heterocycles. The number of halogens is 2. The van der Waals surface area contributed by atoms with Crippen LogP contribution in [0.4, 0.5) is 8.78 Å². The van der Waals surface area contributed by atoms with Crippen LogP contribution in [-0.4, -0.2) is 26.7 Å². The predicted molar refractivity (Wildman–Crippen MR) is 93.5 cm³/mol. The van der Waals surface area contributed by atoms with Gasteiger partial charge in [0.1, 0.15) is 5.75 Å². The van der Waals surface area contributed by atoms with Crippen LogP contribution in [0.25, 0.3) is 6.08 Å². The van der Waals surface area contributed by atoms with E-state index in [1.165, 1.54) is 25.3 Å². The molecule has 138 valence electrons. The predicted octanol–water partition coefficient (Wildman–Crippen LogP) is 3.63. The first kappa shape index (κ1) is 19.2. The number of ether oxygens (including phenoxy) is 3. The highest BCUT2D eigenvalue weighted by Crippen LogP contribution is 2.27. The fourth-order valence-electron chi connectivity index (χ4n) is 2.17. The Balaban J connectivity index is 1.89. The number of carbonyl (C=O) groups is 1. The summed E-state index contributed by atoms with van der Waals surface area (Å²) in [5, 5.41) is 2.71. The summed E-state index contributed by atoms with van der Waals surface area (Å²) >= 11 is 0. The van der Waals surface area contributed by atoms with E-state index in [4.69, 9.17) is 9.47 Å². The number of hydrogen-bond acceptors (Lipinski definition) is 4. The molecule has 0 aliphatic heterocycles. The number of nitrogens with one attached hydrogen (secondary N) is 1. The summed E-state index contributed by atoms with van der Waals surface area (Å²) in [6.07, 6.45) is 3.05. The Morgan fingerprint density at radius 2 is 1.77 bits per heavy atom. The molecule has 0 heterocycles. The Morgan fingerprint density at radius 1 is 1.08 bits per heavy atom. The summed E-state index contributed by atoms with van der Waals surface area (Å²) < 4.78 is 38.8. The Bertz CT molecular complexity index is 761. The normalized spacial score (nSPS) is 10.8. The third-order valence-electron chi connectivity index (χ3n) is 3.45. The Kier molecular flexibility index (Phi) is 6.96. The first-order valence-corrected chi connectivity index (χ1v) is 7.73. The van der Waals surface area contributed by atoms with Crippen molar-refractivity contribution in [3.63, 3.8) is 0 Å². The Hall–Kier alpha value is -3.09. The van der Waals surface area contributed by atoms with Crippen LogP contribution in [0.5, 0.6) is 17.2 Å². The van der Waals surface area contributed by atoms with Gasteiger partial charge in [0.05, 0.1) is 14.2 Å². The first-order chi connectivity index (χ1) is 12.5. The number of alkyl halides is 2. The molecule has 1 amide bonds. The molecule has 0 radical (unpaired) electrons. The van der Waals surface area contributed by atoms with Gasteiger partial charge in [-0.3, -0.25) is 4.79 Å². The molecule has 0 unspecified atom stereocenters. The average Bonchev–Trinajstić information content (AvgIpc) is 2.65. The molecule has 2 aromatic carbocycles. The van der Waals surface area contributed by atoms with Crippen molar-refractivity contribution in [1.82, 2.24) is 5.32 Å². The van der Waals surface area contributed by atoms with Crippen molar-refractivity contribution in [2.75, 3.05) is 14.2 Å². The SMILES string of the molecule is COc1ccc(C=CC(=O)NCc2ccc(OC(F)F)cc2)cc1OC. The van der Waals surface area contributed by atoms with Gasteiger partial charge in [0, 0.05) is 12.6 Å². The zero-order chi connectivity index (χ0) is 18.9. The van der Waals surface area contributed by atoms with Gasteiger partial charge in [0.15, 0.2) is 11.5 Å². The van der Waals surface area contributed by atoms with E-state index in [-0.39, 0.29) is 18.2 Å². The third-order valence-corrected chi connectivity index (χ3v) is 3.45. The van der Waals surface area contributed by atoms with Crippen molar-refractivity contribution in [3.05, 3.63) is 59.7 Å². The van der Waals surface area contributed by atoms with E-state index >= 15 is 0 Å². The van der Waals surface area contributed by atoms with Gasteiger partial charge in [0.25, 0.3) is 0 Å². The van der Waals surface area contributed by atoms with E-state index in [9.17, 15) is 13.6 Å². The minimum atomic E-state index is -2.86. The number of hydrogen-bond donors (Lipinski definition) is 1. The highest BCUT2D eigenvalue weighted by molar-refractivity contribution is 5.91. The summed E-state index contributed by atoms with van der Waals surface area (Å²) in [6.45, 7) is -2.59. The Labute approximate surface area is 150 Å². The minimum absolute atomic E-state index is 0.0726. The lowest BCUT2D eigenvalue weighted by atomic mass is 10.2. The monoisotopic (exact) mass is 363 g/mol. The molecular weight excluding hydrogens is 344 g/mol. The van der Waals surface area contributed by atoms with Gasteiger partial charge >= 0.3 is 6.61 Å². The molecule has 2 aromatic rings. The van der Waals surface area contributed by atoms with E-state index in [2.05, 4.69) is 10.1 Å². The molecule has 0 bridgehead atoms. The highest BCUT2D eigenvalue weighted by atomic mass is 19.3. The van der Waals surface area contributed by atoms with E-state index in [0.717, 1.165) is 11.1 Å². The van der Waals surface area contributed by atoms with Gasteiger partial charge in [-0.25, -0.2) is 0 Å². The quantitative estimate of drug-likeness (QED) is 0.728. The van der Waals surface area contributed by atoms with E-state index in [0.29, 0.717) is 11.5 Å². The van der Waals surface area contributed by atoms with Crippen molar-refractivity contribution in [2.45, 2.75) is 13.2 Å². The maximum absolute atomic E-state index is 12.1. The standard InChI is InChI=1S/C19H19F2NO4/c1-24-16-9-5-13(11-17(16)25-2)6-10-18(23)22-12-14-3-7-15(8-4-14)26-19(20)21/h3-11,19H,12H2,1-2H3,(H,22,23). The van der Waals surface area contributed by atoms with Gasteiger partial charge in [-0.05, 0) is 41.5 Å². The summed E-state index contributed by atoms with van der Waals surface area (Å²) in [4.78, 5) is 11.9. The second-order valence-corrected chi connectivity index (χ2v) is 5.19. The van der Waals surface area contributed by atoms with Crippen molar-refractivity contribution >= 4 is 12.0 Å². The molecule has 5 nitrogen and oxygen atoms in total. The molecule has 0 fully saturated rings. The number of methoxy groups -OCH3 is 2. The summed E-state index contributed by atoms with van der Waals surface area (Å²) in [6, 6.07) is 11.4. The fourth-order valence-corrected chi connectivity index (χ4v) is 2.17. The van der Waals surface area contributed by atoms with Crippen LogP contribution in [0.3, 0.4) is 0 Å².